The van der Waals surface area contributed by atoms with Gasteiger partial charge >= 0.3 is 0 Å². The van der Waals surface area contributed by atoms with Crippen LogP contribution in [0.1, 0.15) is 6.92 Å². The molecule has 0 amide bonds. The van der Waals surface area contributed by atoms with E-state index in [1.165, 1.54) is 11.1 Å². The molecular weight excluding hydrogens is 164 g/mol. The summed E-state index contributed by atoms with van der Waals surface area (Å²) in [6, 6.07) is 6.04. The molecule has 3 heteroatoms. The van der Waals surface area contributed by atoms with Gasteiger partial charge in [0, 0.05) is 11.9 Å². The lowest BCUT2D eigenvalue weighted by Gasteiger charge is -1.66. The summed E-state index contributed by atoms with van der Waals surface area (Å²) in [5, 5.41) is 8.28. The summed E-state index contributed by atoms with van der Waals surface area (Å²) < 4.78 is 0. The van der Waals surface area contributed by atoms with E-state index in [1.807, 2.05) is 12.1 Å². The second-order valence-electron chi connectivity index (χ2n) is 2.25. The number of hydrogen-bond acceptors (Lipinski definition) is 1. The minimum Gasteiger partial charge on any atom is -0.481 e. The molecule has 2 rings (SSSR count). The third kappa shape index (κ3) is 2.60. The Labute approximate surface area is 69.4 Å². The number of benzene rings is 1. The van der Waals surface area contributed by atoms with Crippen molar-refractivity contribution in [2.24, 2.45) is 0 Å². The second-order valence-corrected chi connectivity index (χ2v) is 2.68. The maximum atomic E-state index is 9.00. The summed E-state index contributed by atoms with van der Waals surface area (Å²) >= 11 is 5.58. The van der Waals surface area contributed by atoms with Crippen LogP contribution in [-0.4, -0.2) is 11.1 Å². The number of carbonyl (C=O) groups is 1. The number of fused-ring (bicyclic) bond motifs is 1. The maximum Gasteiger partial charge on any atom is 0.300 e. The van der Waals surface area contributed by atoms with E-state index in [-0.39, 0.29) is 0 Å². The molecule has 0 bridgehead atoms. The number of carboxylic acids is 1. The van der Waals surface area contributed by atoms with Crippen molar-refractivity contribution < 1.29 is 9.90 Å². The molecule has 0 saturated carbocycles. The molecule has 1 N–H and O–H groups in total. The highest BCUT2D eigenvalue weighted by Gasteiger charge is 2.11. The topological polar surface area (TPSA) is 37.3 Å². The fourth-order valence-electron chi connectivity index (χ4n) is 0.720. The third-order valence-electron chi connectivity index (χ3n) is 1.15. The van der Waals surface area contributed by atoms with Crippen LogP contribution >= 0.6 is 11.6 Å². The van der Waals surface area contributed by atoms with Crippen molar-refractivity contribution in [1.29, 1.82) is 0 Å². The van der Waals surface area contributed by atoms with Crippen molar-refractivity contribution in [3.63, 3.8) is 0 Å². The molecule has 11 heavy (non-hydrogen) atoms. The first-order valence-corrected chi connectivity index (χ1v) is 3.48. The SMILES string of the molecule is CC(=O)O.Clc1cc2cc-2c1. The van der Waals surface area contributed by atoms with Crippen LogP contribution in [-0.2, 0) is 4.79 Å². The normalized spacial score (nSPS) is 9.64. The monoisotopic (exact) mass is 170 g/mol. The summed E-state index contributed by atoms with van der Waals surface area (Å²) in [5.41, 5.74) is 2.62. The lowest BCUT2D eigenvalue weighted by molar-refractivity contribution is -0.134. The van der Waals surface area contributed by atoms with Gasteiger partial charge in [0.15, 0.2) is 0 Å². The Morgan fingerprint density at radius 1 is 1.36 bits per heavy atom. The molecule has 0 aromatic heterocycles. The smallest absolute Gasteiger partial charge is 0.300 e. The molecule has 0 unspecified atom stereocenters. The maximum absolute atomic E-state index is 9.00. The first-order chi connectivity index (χ1) is 5.09. The van der Waals surface area contributed by atoms with Crippen LogP contribution in [0, 0.1) is 0 Å². The fourth-order valence-corrected chi connectivity index (χ4v) is 0.955. The number of halogens is 1. The zero-order chi connectivity index (χ0) is 8.43. The Balaban J connectivity index is 0.000000134. The molecule has 0 heterocycles. The largest absolute Gasteiger partial charge is 0.481 e. The molecule has 0 aromatic rings. The van der Waals surface area contributed by atoms with Gasteiger partial charge < -0.3 is 5.11 Å². The molecule has 2 aliphatic rings. The van der Waals surface area contributed by atoms with Gasteiger partial charge in [-0.05, 0) is 29.3 Å². The molecule has 0 aromatic carbocycles. The summed E-state index contributed by atoms with van der Waals surface area (Å²) in [4.78, 5) is 9.00. The predicted molar refractivity (Wildman–Crippen MR) is 43.8 cm³/mol. The Hall–Kier alpha value is -1.02. The van der Waals surface area contributed by atoms with E-state index >= 15 is 0 Å². The van der Waals surface area contributed by atoms with Crippen molar-refractivity contribution in [3.8, 4) is 11.1 Å². The van der Waals surface area contributed by atoms with Crippen LogP contribution in [0.5, 0.6) is 0 Å². The highest BCUT2D eigenvalue weighted by molar-refractivity contribution is 6.32. The van der Waals surface area contributed by atoms with Gasteiger partial charge in [-0.2, -0.15) is 0 Å². The van der Waals surface area contributed by atoms with Gasteiger partial charge in [-0.25, -0.2) is 0 Å². The highest BCUT2D eigenvalue weighted by Crippen LogP contribution is 2.37. The van der Waals surface area contributed by atoms with E-state index in [4.69, 9.17) is 21.5 Å². The predicted octanol–water partition coefficient (Wildman–Crippen LogP) is 2.41. The lowest BCUT2D eigenvalue weighted by atomic mass is 10.6. The number of hydrogen-bond donors (Lipinski definition) is 1. The number of carboxylic acid groups (broad SMARTS) is 1. The molecule has 2 aliphatic carbocycles. The van der Waals surface area contributed by atoms with Gasteiger partial charge in [0.25, 0.3) is 5.97 Å². The average Bonchev–Trinajstić information content (AvgIpc) is 2.38. The minimum absolute atomic E-state index is 0.833. The molecular formula is C8H7ClO2. The van der Waals surface area contributed by atoms with Crippen LogP contribution in [0.15, 0.2) is 18.2 Å². The summed E-state index contributed by atoms with van der Waals surface area (Å²) in [6.07, 6.45) is 0. The van der Waals surface area contributed by atoms with Crippen molar-refractivity contribution in [2.45, 2.75) is 6.92 Å². The number of rotatable bonds is 0. The van der Waals surface area contributed by atoms with Crippen LogP contribution in [0.3, 0.4) is 0 Å². The van der Waals surface area contributed by atoms with E-state index in [1.54, 1.807) is 0 Å². The van der Waals surface area contributed by atoms with Crippen molar-refractivity contribution in [2.75, 3.05) is 0 Å². The molecule has 0 fully saturated rings. The Bertz CT molecular complexity index is 270. The standard InChI is InChI=1S/C6H3Cl.C2H4O2/c7-6-2-4-1-5(4)3-6;1-2(3)4/h1-3H;1H3,(H,3,4). The molecule has 0 saturated heterocycles. The van der Waals surface area contributed by atoms with Gasteiger partial charge in [-0.1, -0.05) is 11.6 Å². The van der Waals surface area contributed by atoms with Gasteiger partial charge in [0.05, 0.1) is 0 Å². The van der Waals surface area contributed by atoms with Gasteiger partial charge in [0.1, 0.15) is 0 Å². The Kier molecular flexibility index (Phi) is 2.15. The van der Waals surface area contributed by atoms with E-state index in [2.05, 4.69) is 6.07 Å². The molecule has 0 aliphatic heterocycles. The number of aliphatic carboxylic acids is 1. The molecule has 2 nitrogen and oxygen atoms in total. The van der Waals surface area contributed by atoms with Crippen LogP contribution < -0.4 is 0 Å². The van der Waals surface area contributed by atoms with Crippen molar-refractivity contribution in [3.05, 3.63) is 23.2 Å². The van der Waals surface area contributed by atoms with E-state index in [0.717, 1.165) is 11.9 Å². The van der Waals surface area contributed by atoms with Gasteiger partial charge in [-0.15, -0.1) is 0 Å². The summed E-state index contributed by atoms with van der Waals surface area (Å²) in [5.74, 6) is -0.833. The first kappa shape index (κ1) is 8.08. The zero-order valence-corrected chi connectivity index (χ0v) is 6.72. The van der Waals surface area contributed by atoms with Crippen LogP contribution in [0.2, 0.25) is 5.02 Å². The lowest BCUT2D eigenvalue weighted by Crippen LogP contribution is -1.78. The van der Waals surface area contributed by atoms with Crippen molar-refractivity contribution in [1.82, 2.24) is 0 Å². The Morgan fingerprint density at radius 2 is 1.73 bits per heavy atom. The Morgan fingerprint density at radius 3 is 1.91 bits per heavy atom. The molecule has 58 valence electrons. The first-order valence-electron chi connectivity index (χ1n) is 3.10. The van der Waals surface area contributed by atoms with Crippen LogP contribution in [0.25, 0.3) is 11.1 Å². The van der Waals surface area contributed by atoms with Crippen LogP contribution in [0.4, 0.5) is 0 Å². The zero-order valence-electron chi connectivity index (χ0n) is 5.97. The molecule has 0 atom stereocenters. The van der Waals surface area contributed by atoms with Gasteiger partial charge in [-0.3, -0.25) is 4.79 Å². The van der Waals surface area contributed by atoms with E-state index < -0.39 is 5.97 Å². The third-order valence-corrected chi connectivity index (χ3v) is 1.37. The highest BCUT2D eigenvalue weighted by atomic mass is 35.5. The molecule has 0 radical (unpaired) electrons. The van der Waals surface area contributed by atoms with Gasteiger partial charge in [0.2, 0.25) is 0 Å². The second kappa shape index (κ2) is 2.93. The van der Waals surface area contributed by atoms with E-state index in [0.29, 0.717) is 0 Å². The summed E-state index contributed by atoms with van der Waals surface area (Å²) in [7, 11) is 0. The summed E-state index contributed by atoms with van der Waals surface area (Å²) in [6.45, 7) is 1.08. The quantitative estimate of drug-likeness (QED) is 0.659. The van der Waals surface area contributed by atoms with E-state index in [9.17, 15) is 0 Å². The van der Waals surface area contributed by atoms with Crippen molar-refractivity contribution >= 4 is 17.6 Å². The average molecular weight is 171 g/mol. The minimum atomic E-state index is -0.833. The molecule has 0 spiro atoms. The fraction of sp³-hybridized carbons (Fsp3) is 0.125.